The molecule has 2 aromatic rings. The van der Waals surface area contributed by atoms with Gasteiger partial charge in [-0.2, -0.15) is 5.10 Å². The van der Waals surface area contributed by atoms with Gasteiger partial charge in [0.25, 0.3) is 0 Å². The first-order chi connectivity index (χ1) is 9.33. The largest absolute Gasteiger partial charge is 0.497 e. The Morgan fingerprint density at radius 1 is 1.16 bits per heavy atom. The molecule has 0 aliphatic heterocycles. The van der Waals surface area contributed by atoms with Crippen LogP contribution in [0.25, 0.3) is 0 Å². The third-order valence-electron chi connectivity index (χ3n) is 2.49. The summed E-state index contributed by atoms with van der Waals surface area (Å²) in [6, 6.07) is 11.1. The number of ether oxygens (including phenoxy) is 2. The zero-order chi connectivity index (χ0) is 13.5. The summed E-state index contributed by atoms with van der Waals surface area (Å²) in [6.45, 7) is 0. The van der Waals surface area contributed by atoms with Gasteiger partial charge in [-0.3, -0.25) is 5.43 Å². The standard InChI is InChI=1S/C14H15N3O2/c1-18-12-7-6-11(13(9-12)19-2)10-16-17-14-5-3-4-8-15-14/h3-10H,1-2H3,(H,15,17)/b16-10+. The lowest BCUT2D eigenvalue weighted by atomic mass is 10.2. The fourth-order valence-corrected chi connectivity index (χ4v) is 1.52. The Morgan fingerprint density at radius 2 is 2.05 bits per heavy atom. The van der Waals surface area contributed by atoms with Crippen LogP contribution in [0.3, 0.4) is 0 Å². The van der Waals surface area contributed by atoms with Gasteiger partial charge in [-0.1, -0.05) is 6.07 Å². The molecule has 1 aromatic heterocycles. The van der Waals surface area contributed by atoms with Gasteiger partial charge in [0.1, 0.15) is 17.3 Å². The molecule has 19 heavy (non-hydrogen) atoms. The minimum absolute atomic E-state index is 0.686. The van der Waals surface area contributed by atoms with Crippen LogP contribution in [0.4, 0.5) is 5.82 Å². The maximum atomic E-state index is 5.28. The van der Waals surface area contributed by atoms with Gasteiger partial charge >= 0.3 is 0 Å². The lowest BCUT2D eigenvalue weighted by Gasteiger charge is -2.06. The summed E-state index contributed by atoms with van der Waals surface area (Å²) in [4.78, 5) is 4.10. The second kappa shape index (κ2) is 6.39. The van der Waals surface area contributed by atoms with Crippen LogP contribution in [0.15, 0.2) is 47.7 Å². The van der Waals surface area contributed by atoms with E-state index in [1.165, 1.54) is 0 Å². The number of methoxy groups -OCH3 is 2. The van der Waals surface area contributed by atoms with Crippen molar-refractivity contribution in [2.24, 2.45) is 5.10 Å². The molecule has 0 unspecified atom stereocenters. The van der Waals surface area contributed by atoms with Crippen molar-refractivity contribution in [3.8, 4) is 11.5 Å². The molecule has 5 heteroatoms. The van der Waals surface area contributed by atoms with Gasteiger partial charge < -0.3 is 9.47 Å². The minimum Gasteiger partial charge on any atom is -0.497 e. The van der Waals surface area contributed by atoms with Crippen molar-refractivity contribution in [3.05, 3.63) is 48.2 Å². The third-order valence-corrected chi connectivity index (χ3v) is 2.49. The number of nitrogens with one attached hydrogen (secondary N) is 1. The molecule has 0 bridgehead atoms. The van der Waals surface area contributed by atoms with Crippen LogP contribution in [0.2, 0.25) is 0 Å². The Hall–Kier alpha value is -2.56. The number of benzene rings is 1. The molecule has 0 aliphatic carbocycles. The van der Waals surface area contributed by atoms with Gasteiger partial charge in [0.05, 0.1) is 20.4 Å². The highest BCUT2D eigenvalue weighted by atomic mass is 16.5. The van der Waals surface area contributed by atoms with E-state index in [1.54, 1.807) is 26.6 Å². The first kappa shape index (κ1) is 12.9. The Kier molecular flexibility index (Phi) is 4.34. The average molecular weight is 257 g/mol. The molecule has 0 fully saturated rings. The van der Waals surface area contributed by atoms with Gasteiger partial charge in [-0.05, 0) is 24.3 Å². The normalized spacial score (nSPS) is 10.4. The smallest absolute Gasteiger partial charge is 0.146 e. The summed E-state index contributed by atoms with van der Waals surface area (Å²) in [5.41, 5.74) is 3.70. The molecular weight excluding hydrogens is 242 g/mol. The van der Waals surface area contributed by atoms with Crippen molar-refractivity contribution in [2.75, 3.05) is 19.6 Å². The fraction of sp³-hybridized carbons (Fsp3) is 0.143. The zero-order valence-electron chi connectivity index (χ0n) is 10.8. The summed E-state index contributed by atoms with van der Waals surface area (Å²) >= 11 is 0. The second-order valence-corrected chi connectivity index (χ2v) is 3.69. The Bertz CT molecular complexity index is 556. The van der Waals surface area contributed by atoms with E-state index in [2.05, 4.69) is 15.5 Å². The monoisotopic (exact) mass is 257 g/mol. The highest BCUT2D eigenvalue weighted by Gasteiger charge is 2.02. The summed E-state index contributed by atoms with van der Waals surface area (Å²) in [5, 5.41) is 4.12. The van der Waals surface area contributed by atoms with Crippen LogP contribution < -0.4 is 14.9 Å². The zero-order valence-corrected chi connectivity index (χ0v) is 10.8. The van der Waals surface area contributed by atoms with E-state index in [0.717, 1.165) is 11.3 Å². The van der Waals surface area contributed by atoms with E-state index in [1.807, 2.05) is 36.4 Å². The van der Waals surface area contributed by atoms with Gasteiger partial charge in [0.15, 0.2) is 0 Å². The first-order valence-corrected chi connectivity index (χ1v) is 5.75. The van der Waals surface area contributed by atoms with E-state index in [9.17, 15) is 0 Å². The quantitative estimate of drug-likeness (QED) is 0.660. The van der Waals surface area contributed by atoms with Gasteiger partial charge in [0.2, 0.25) is 0 Å². The number of rotatable bonds is 5. The maximum absolute atomic E-state index is 5.28. The lowest BCUT2D eigenvalue weighted by molar-refractivity contribution is 0.394. The molecular formula is C14H15N3O2. The maximum Gasteiger partial charge on any atom is 0.146 e. The van der Waals surface area contributed by atoms with Crippen LogP contribution in [0, 0.1) is 0 Å². The van der Waals surface area contributed by atoms with Gasteiger partial charge in [0, 0.05) is 17.8 Å². The molecule has 0 amide bonds. The van der Waals surface area contributed by atoms with Crippen LogP contribution in [0.5, 0.6) is 11.5 Å². The Morgan fingerprint density at radius 3 is 2.74 bits per heavy atom. The van der Waals surface area contributed by atoms with E-state index < -0.39 is 0 Å². The molecule has 1 aromatic carbocycles. The highest BCUT2D eigenvalue weighted by molar-refractivity contribution is 5.84. The van der Waals surface area contributed by atoms with Crippen LogP contribution >= 0.6 is 0 Å². The summed E-state index contributed by atoms with van der Waals surface area (Å²) in [6.07, 6.45) is 3.37. The molecule has 0 atom stereocenters. The summed E-state index contributed by atoms with van der Waals surface area (Å²) in [5.74, 6) is 2.13. The van der Waals surface area contributed by atoms with E-state index in [0.29, 0.717) is 11.6 Å². The van der Waals surface area contributed by atoms with Gasteiger partial charge in [-0.25, -0.2) is 4.98 Å². The third kappa shape index (κ3) is 3.45. The Balaban J connectivity index is 2.10. The molecule has 0 radical (unpaired) electrons. The number of hydrogen-bond donors (Lipinski definition) is 1. The molecule has 2 rings (SSSR count). The molecule has 1 N–H and O–H groups in total. The Labute approximate surface area is 111 Å². The molecule has 0 spiro atoms. The van der Waals surface area contributed by atoms with Gasteiger partial charge in [-0.15, -0.1) is 0 Å². The number of nitrogens with zero attached hydrogens (tertiary/aromatic N) is 2. The van der Waals surface area contributed by atoms with Crippen molar-refractivity contribution >= 4 is 12.0 Å². The van der Waals surface area contributed by atoms with E-state index >= 15 is 0 Å². The van der Waals surface area contributed by atoms with Crippen molar-refractivity contribution in [1.29, 1.82) is 0 Å². The van der Waals surface area contributed by atoms with Crippen LogP contribution in [0.1, 0.15) is 5.56 Å². The average Bonchev–Trinajstić information content (AvgIpc) is 2.48. The molecule has 0 aliphatic rings. The van der Waals surface area contributed by atoms with Crippen LogP contribution in [-0.2, 0) is 0 Å². The minimum atomic E-state index is 0.686. The predicted molar refractivity (Wildman–Crippen MR) is 75.0 cm³/mol. The predicted octanol–water partition coefficient (Wildman–Crippen LogP) is 2.54. The summed E-state index contributed by atoms with van der Waals surface area (Å²) < 4.78 is 10.4. The highest BCUT2D eigenvalue weighted by Crippen LogP contribution is 2.23. The number of aromatic nitrogens is 1. The lowest BCUT2D eigenvalue weighted by Crippen LogP contribution is -1.95. The van der Waals surface area contributed by atoms with Crippen molar-refractivity contribution in [1.82, 2.24) is 4.98 Å². The molecule has 5 nitrogen and oxygen atoms in total. The second-order valence-electron chi connectivity index (χ2n) is 3.69. The van der Waals surface area contributed by atoms with E-state index in [-0.39, 0.29) is 0 Å². The summed E-state index contributed by atoms with van der Waals surface area (Å²) in [7, 11) is 3.23. The SMILES string of the molecule is COc1ccc(/C=N/Nc2ccccn2)c(OC)c1. The molecule has 0 saturated heterocycles. The van der Waals surface area contributed by atoms with Crippen molar-refractivity contribution in [2.45, 2.75) is 0 Å². The van der Waals surface area contributed by atoms with E-state index in [4.69, 9.17) is 9.47 Å². The number of anilines is 1. The fourth-order valence-electron chi connectivity index (χ4n) is 1.52. The van der Waals surface area contributed by atoms with Crippen molar-refractivity contribution < 1.29 is 9.47 Å². The van der Waals surface area contributed by atoms with Crippen molar-refractivity contribution in [3.63, 3.8) is 0 Å². The topological polar surface area (TPSA) is 55.7 Å². The van der Waals surface area contributed by atoms with Crippen LogP contribution in [-0.4, -0.2) is 25.4 Å². The molecule has 98 valence electrons. The first-order valence-electron chi connectivity index (χ1n) is 5.75. The number of hydrazone groups is 1. The number of pyridine rings is 1. The number of hydrogen-bond acceptors (Lipinski definition) is 5. The molecule has 0 saturated carbocycles. The molecule has 1 heterocycles.